The first-order valence-corrected chi connectivity index (χ1v) is 9.74. The number of nitrogens with zero attached hydrogens (tertiary/aromatic N) is 1. The van der Waals surface area contributed by atoms with Gasteiger partial charge >= 0.3 is 11.9 Å². The van der Waals surface area contributed by atoms with Gasteiger partial charge in [0, 0.05) is 23.7 Å². The zero-order valence-electron chi connectivity index (χ0n) is 16.3. The number of esters is 2. The van der Waals surface area contributed by atoms with Crippen LogP contribution in [0.3, 0.4) is 0 Å². The van der Waals surface area contributed by atoms with Gasteiger partial charge < -0.3 is 14.4 Å². The van der Waals surface area contributed by atoms with Gasteiger partial charge in [-0.1, -0.05) is 23.7 Å². The van der Waals surface area contributed by atoms with E-state index >= 15 is 0 Å². The van der Waals surface area contributed by atoms with E-state index in [-0.39, 0.29) is 31.6 Å². The second-order valence-electron chi connectivity index (χ2n) is 7.14. The number of rotatable bonds is 6. The van der Waals surface area contributed by atoms with Crippen LogP contribution in [0.4, 0.5) is 5.69 Å². The molecule has 1 atom stereocenters. The molecule has 29 heavy (non-hydrogen) atoms. The molecule has 0 radical (unpaired) electrons. The number of anilines is 1. The van der Waals surface area contributed by atoms with Crippen molar-refractivity contribution in [1.29, 1.82) is 0 Å². The smallest absolute Gasteiger partial charge is 0.338 e. The highest BCUT2D eigenvalue weighted by Crippen LogP contribution is 2.26. The fraction of sp³-hybridized carbons (Fsp3) is 0.318. The van der Waals surface area contributed by atoms with E-state index in [4.69, 9.17) is 21.1 Å². The summed E-state index contributed by atoms with van der Waals surface area (Å²) in [6, 6.07) is 13.6. The summed E-state index contributed by atoms with van der Waals surface area (Å²) < 4.78 is 10.5. The number of amides is 1. The van der Waals surface area contributed by atoms with Crippen LogP contribution in [0.1, 0.15) is 36.2 Å². The first-order valence-electron chi connectivity index (χ1n) is 9.36. The molecule has 0 bridgehead atoms. The molecule has 0 spiro atoms. The van der Waals surface area contributed by atoms with Gasteiger partial charge in [-0.15, -0.1) is 0 Å². The molecule has 6 nitrogen and oxygen atoms in total. The summed E-state index contributed by atoms with van der Waals surface area (Å²) in [7, 11) is 0. The summed E-state index contributed by atoms with van der Waals surface area (Å²) in [6.07, 6.45) is -0.113. The monoisotopic (exact) mass is 415 g/mol. The van der Waals surface area contributed by atoms with Gasteiger partial charge in [-0.2, -0.15) is 0 Å². The molecule has 0 saturated carbocycles. The number of hydrogen-bond donors (Lipinski definition) is 0. The summed E-state index contributed by atoms with van der Waals surface area (Å²) in [5.41, 5.74) is 1.87. The molecule has 1 aliphatic heterocycles. The fourth-order valence-electron chi connectivity index (χ4n) is 3.03. The zero-order valence-corrected chi connectivity index (χ0v) is 17.0. The first-order chi connectivity index (χ1) is 13.8. The SMILES string of the molecule is CC(C)OC(=O)c1ccc(N2C[C@H](C(=O)OCc3ccc(Cl)cc3)CC2=O)cc1. The van der Waals surface area contributed by atoms with E-state index in [1.807, 2.05) is 0 Å². The van der Waals surface area contributed by atoms with E-state index in [9.17, 15) is 14.4 Å². The molecule has 1 fully saturated rings. The standard InChI is InChI=1S/C22H22ClNO5/c1-14(2)29-22(27)16-5-9-19(10-6-16)24-12-17(11-20(24)25)21(26)28-13-15-3-7-18(23)8-4-15/h3-10,14,17H,11-13H2,1-2H3/t17-/m1/s1. The average Bonchev–Trinajstić information content (AvgIpc) is 3.08. The lowest BCUT2D eigenvalue weighted by Gasteiger charge is -2.17. The van der Waals surface area contributed by atoms with Crippen LogP contribution in [0.15, 0.2) is 48.5 Å². The second kappa shape index (κ2) is 9.09. The minimum Gasteiger partial charge on any atom is -0.461 e. The number of halogens is 1. The summed E-state index contributed by atoms with van der Waals surface area (Å²) in [5, 5.41) is 0.612. The summed E-state index contributed by atoms with van der Waals surface area (Å²) in [5.74, 6) is -1.51. The molecule has 7 heteroatoms. The quantitative estimate of drug-likeness (QED) is 0.667. The van der Waals surface area contributed by atoms with Crippen molar-refractivity contribution in [3.63, 3.8) is 0 Å². The van der Waals surface area contributed by atoms with Crippen molar-refractivity contribution < 1.29 is 23.9 Å². The number of carbonyl (C=O) groups is 3. The van der Waals surface area contributed by atoms with Crippen molar-refractivity contribution in [3.05, 3.63) is 64.7 Å². The van der Waals surface area contributed by atoms with Crippen molar-refractivity contribution in [2.45, 2.75) is 33.0 Å². The highest BCUT2D eigenvalue weighted by Gasteiger charge is 2.36. The van der Waals surface area contributed by atoms with Crippen LogP contribution in [0.5, 0.6) is 0 Å². The van der Waals surface area contributed by atoms with Crippen LogP contribution in [-0.2, 0) is 25.7 Å². The molecular formula is C22H22ClNO5. The molecule has 152 valence electrons. The molecule has 0 aliphatic carbocycles. The number of benzene rings is 2. The van der Waals surface area contributed by atoms with Crippen molar-refractivity contribution in [2.24, 2.45) is 5.92 Å². The third-order valence-electron chi connectivity index (χ3n) is 4.51. The topological polar surface area (TPSA) is 72.9 Å². The van der Waals surface area contributed by atoms with Crippen LogP contribution in [-0.4, -0.2) is 30.5 Å². The molecule has 0 aromatic heterocycles. The van der Waals surface area contributed by atoms with Crippen molar-refractivity contribution in [2.75, 3.05) is 11.4 Å². The predicted molar refractivity (Wildman–Crippen MR) is 109 cm³/mol. The van der Waals surface area contributed by atoms with Crippen molar-refractivity contribution >= 4 is 35.1 Å². The molecule has 0 unspecified atom stereocenters. The van der Waals surface area contributed by atoms with Gasteiger partial charge in [-0.05, 0) is 55.8 Å². The van der Waals surface area contributed by atoms with Crippen molar-refractivity contribution in [3.8, 4) is 0 Å². The van der Waals surface area contributed by atoms with Gasteiger partial charge in [0.05, 0.1) is 17.6 Å². The van der Waals surface area contributed by atoms with E-state index in [0.29, 0.717) is 16.3 Å². The fourth-order valence-corrected chi connectivity index (χ4v) is 3.15. The van der Waals surface area contributed by atoms with Crippen LogP contribution >= 0.6 is 11.6 Å². The van der Waals surface area contributed by atoms with Crippen LogP contribution in [0, 0.1) is 5.92 Å². The van der Waals surface area contributed by atoms with E-state index in [0.717, 1.165) is 5.56 Å². The van der Waals surface area contributed by atoms with Gasteiger partial charge in [0.1, 0.15) is 6.61 Å². The normalized spacial score (nSPS) is 16.2. The highest BCUT2D eigenvalue weighted by molar-refractivity contribution is 6.30. The van der Waals surface area contributed by atoms with E-state index in [1.165, 1.54) is 4.90 Å². The Morgan fingerprint density at radius 3 is 2.38 bits per heavy atom. The minimum atomic E-state index is -0.527. The van der Waals surface area contributed by atoms with Crippen LogP contribution < -0.4 is 4.90 Å². The summed E-state index contributed by atoms with van der Waals surface area (Å²) in [4.78, 5) is 38.2. The summed E-state index contributed by atoms with van der Waals surface area (Å²) in [6.45, 7) is 3.93. The molecule has 1 amide bonds. The first kappa shape index (κ1) is 20.9. The Hall–Kier alpha value is -2.86. The Balaban J connectivity index is 1.58. The van der Waals surface area contributed by atoms with E-state index in [1.54, 1.807) is 62.4 Å². The Kier molecular flexibility index (Phi) is 6.54. The zero-order chi connectivity index (χ0) is 21.0. The third kappa shape index (κ3) is 5.35. The Bertz CT molecular complexity index is 892. The molecule has 1 saturated heterocycles. The number of ether oxygens (including phenoxy) is 2. The van der Waals surface area contributed by atoms with Crippen LogP contribution in [0.25, 0.3) is 0 Å². The lowest BCUT2D eigenvalue weighted by atomic mass is 10.1. The number of hydrogen-bond acceptors (Lipinski definition) is 5. The van der Waals surface area contributed by atoms with Gasteiger partial charge in [-0.3, -0.25) is 9.59 Å². The second-order valence-corrected chi connectivity index (χ2v) is 7.58. The minimum absolute atomic E-state index is 0.0938. The molecule has 3 rings (SSSR count). The van der Waals surface area contributed by atoms with Crippen LogP contribution in [0.2, 0.25) is 5.02 Å². The van der Waals surface area contributed by atoms with Crippen molar-refractivity contribution in [1.82, 2.24) is 0 Å². The predicted octanol–water partition coefficient (Wildman–Crippen LogP) is 4.00. The van der Waals surface area contributed by atoms with Gasteiger partial charge in [0.25, 0.3) is 0 Å². The average molecular weight is 416 g/mol. The maximum absolute atomic E-state index is 12.4. The largest absolute Gasteiger partial charge is 0.461 e. The Morgan fingerprint density at radius 2 is 1.76 bits per heavy atom. The summed E-state index contributed by atoms with van der Waals surface area (Å²) >= 11 is 5.84. The lowest BCUT2D eigenvalue weighted by molar-refractivity contribution is -0.149. The molecule has 2 aromatic carbocycles. The number of carbonyl (C=O) groups excluding carboxylic acids is 3. The molecular weight excluding hydrogens is 394 g/mol. The molecule has 1 aliphatic rings. The third-order valence-corrected chi connectivity index (χ3v) is 4.76. The molecule has 2 aromatic rings. The Labute approximate surface area is 174 Å². The maximum atomic E-state index is 12.4. The Morgan fingerprint density at radius 1 is 1.10 bits per heavy atom. The molecule has 1 heterocycles. The highest BCUT2D eigenvalue weighted by atomic mass is 35.5. The maximum Gasteiger partial charge on any atom is 0.338 e. The molecule has 0 N–H and O–H groups in total. The van der Waals surface area contributed by atoms with Gasteiger partial charge in [0.2, 0.25) is 5.91 Å². The van der Waals surface area contributed by atoms with Gasteiger partial charge in [0.15, 0.2) is 0 Å². The lowest BCUT2D eigenvalue weighted by Crippen LogP contribution is -2.26. The van der Waals surface area contributed by atoms with Gasteiger partial charge in [-0.25, -0.2) is 4.79 Å². The van der Waals surface area contributed by atoms with E-state index < -0.39 is 17.9 Å². The van der Waals surface area contributed by atoms with E-state index in [2.05, 4.69) is 0 Å².